The predicted octanol–water partition coefficient (Wildman–Crippen LogP) is 20.4. The molecular formula is C76H74BN3OS. The van der Waals surface area contributed by atoms with Crippen molar-refractivity contribution < 1.29 is 4.42 Å². The molecule has 0 amide bonds. The van der Waals surface area contributed by atoms with Gasteiger partial charge in [0.15, 0.2) is 0 Å². The number of furan rings is 1. The van der Waals surface area contributed by atoms with Gasteiger partial charge in [-0.2, -0.15) is 0 Å². The lowest BCUT2D eigenvalue weighted by Crippen LogP contribution is -2.35. The summed E-state index contributed by atoms with van der Waals surface area (Å²) in [4.78, 5) is 2.43. The second kappa shape index (κ2) is 18.4. The Kier molecular flexibility index (Phi) is 11.7. The minimum absolute atomic E-state index is 0.0116. The van der Waals surface area contributed by atoms with Crippen molar-refractivity contribution in [3.05, 3.63) is 204 Å². The highest BCUT2D eigenvalue weighted by molar-refractivity contribution is 7.29. The summed E-state index contributed by atoms with van der Waals surface area (Å²) < 4.78 is 12.8. The SMILES string of the molecule is CC(C)(C)c1ccc(Nc2cc(N(c3ccc(C(C)(C)C)cc3)c3ccc(C(C)(C)C)cc3)ccc2-c2c3c4c(c5cc6c(cc5n4-c4c(sc5ccc(-c7ccccc7)cc45)B3)C(C)(C)CCC6(C)C)c3oc4ccccc4c23)cc1. The monoisotopic (exact) mass is 1090 g/mol. The van der Waals surface area contributed by atoms with Crippen LogP contribution in [0.3, 0.4) is 0 Å². The Morgan fingerprint density at radius 1 is 0.537 bits per heavy atom. The number of nitrogens with one attached hydrogen (secondary N) is 1. The number of fused-ring (bicyclic) bond motifs is 12. The van der Waals surface area contributed by atoms with E-state index in [-0.39, 0.29) is 27.1 Å². The molecule has 9 aromatic carbocycles. The zero-order valence-electron chi connectivity index (χ0n) is 50.1. The molecule has 0 unspecified atom stereocenters. The van der Waals surface area contributed by atoms with Gasteiger partial charge in [-0.1, -0.05) is 187 Å². The lowest BCUT2D eigenvalue weighted by Gasteiger charge is -2.42. The summed E-state index contributed by atoms with van der Waals surface area (Å²) >= 11 is 1.96. The topological polar surface area (TPSA) is 33.3 Å². The maximum absolute atomic E-state index is 7.45. The first-order chi connectivity index (χ1) is 39.0. The number of thiophene rings is 1. The van der Waals surface area contributed by atoms with Crippen molar-refractivity contribution in [2.45, 2.75) is 130 Å². The highest BCUT2D eigenvalue weighted by Crippen LogP contribution is 2.53. The molecule has 14 rings (SSSR count). The van der Waals surface area contributed by atoms with Crippen molar-refractivity contribution in [3.8, 4) is 27.9 Å². The van der Waals surface area contributed by atoms with Gasteiger partial charge in [-0.3, -0.25) is 0 Å². The first-order valence-electron chi connectivity index (χ1n) is 29.7. The summed E-state index contributed by atoms with van der Waals surface area (Å²) in [5, 5.41) is 10.2. The van der Waals surface area contributed by atoms with Crippen molar-refractivity contribution in [1.82, 2.24) is 4.57 Å². The lowest BCUT2D eigenvalue weighted by molar-refractivity contribution is 0.332. The van der Waals surface area contributed by atoms with Gasteiger partial charge in [0.25, 0.3) is 0 Å². The molecule has 1 N–H and O–H groups in total. The van der Waals surface area contributed by atoms with Crippen molar-refractivity contribution in [3.63, 3.8) is 0 Å². The predicted molar refractivity (Wildman–Crippen MR) is 357 cm³/mol. The van der Waals surface area contributed by atoms with Gasteiger partial charge < -0.3 is 19.2 Å². The van der Waals surface area contributed by atoms with Crippen LogP contribution in [0.25, 0.3) is 81.8 Å². The molecule has 0 saturated heterocycles. The minimum atomic E-state index is 0.0116. The molecule has 12 aromatic rings. The zero-order chi connectivity index (χ0) is 57.0. The number of rotatable bonds is 7. The molecule has 0 radical (unpaired) electrons. The molecule has 0 fully saturated rings. The first-order valence-corrected chi connectivity index (χ1v) is 30.5. The first kappa shape index (κ1) is 52.3. The molecule has 0 atom stereocenters. The molecule has 82 heavy (non-hydrogen) atoms. The summed E-state index contributed by atoms with van der Waals surface area (Å²) in [5.41, 5.74) is 24.0. The van der Waals surface area contributed by atoms with E-state index >= 15 is 0 Å². The third-order valence-electron chi connectivity index (χ3n) is 18.5. The standard InChI is InChI=1S/C76H74BN3OS/c1-72(2,3)47-24-30-50(31-25-47)78-60-42-53(79(51-32-26-48(27-33-51)73(4,5)6)52-34-28-49(29-35-52)74(7,8)9)36-37-54(60)64-65-55-21-17-18-22-62(55)81-70(65)66-56-43-58-59(76(12,13)40-39-75(58,10)11)44-61(56)80-68-57-41-46(45-19-15-14-16-20-45)23-38-63(57)82-71(68)77-67(64)69(66)80/h14-38,41-44,77-78H,39-40H2,1-13H3. The number of benzene rings is 9. The highest BCUT2D eigenvalue weighted by atomic mass is 32.1. The molecule has 4 nitrogen and oxygen atoms in total. The van der Waals surface area contributed by atoms with Crippen LogP contribution in [0.15, 0.2) is 180 Å². The second-order valence-corrected chi connectivity index (χ2v) is 29.3. The molecule has 3 aromatic heterocycles. The number of aromatic nitrogens is 1. The molecule has 2 aliphatic rings. The molecule has 1 aliphatic heterocycles. The van der Waals surface area contributed by atoms with Gasteiger partial charge in [0, 0.05) is 60.2 Å². The Hall–Kier alpha value is -7.80. The van der Waals surface area contributed by atoms with Crippen LogP contribution in [-0.4, -0.2) is 11.8 Å². The molecule has 1 aliphatic carbocycles. The smallest absolute Gasteiger partial charge is 0.211 e. The number of nitrogens with zero attached hydrogens (tertiary/aromatic N) is 2. The normalized spacial score (nSPS) is 14.8. The molecule has 0 bridgehead atoms. The van der Waals surface area contributed by atoms with Crippen LogP contribution in [0.2, 0.25) is 0 Å². The maximum Gasteiger partial charge on any atom is 0.211 e. The highest BCUT2D eigenvalue weighted by Gasteiger charge is 2.40. The zero-order valence-corrected chi connectivity index (χ0v) is 50.9. The summed E-state index contributed by atoms with van der Waals surface area (Å²) in [6.45, 7) is 30.4. The van der Waals surface area contributed by atoms with Crippen LogP contribution in [0.1, 0.15) is 131 Å². The molecule has 0 spiro atoms. The van der Waals surface area contributed by atoms with Crippen LogP contribution >= 0.6 is 11.3 Å². The van der Waals surface area contributed by atoms with Gasteiger partial charge in [0.2, 0.25) is 7.28 Å². The quantitative estimate of drug-likeness (QED) is 0.162. The van der Waals surface area contributed by atoms with Gasteiger partial charge in [0.1, 0.15) is 11.2 Å². The molecule has 0 saturated carbocycles. The molecule has 4 heterocycles. The van der Waals surface area contributed by atoms with E-state index < -0.39 is 0 Å². The van der Waals surface area contributed by atoms with E-state index in [1.54, 1.807) is 0 Å². The average molecular weight is 1090 g/mol. The Bertz CT molecular complexity index is 4470. The van der Waals surface area contributed by atoms with Gasteiger partial charge >= 0.3 is 0 Å². The Balaban J connectivity index is 1.10. The van der Waals surface area contributed by atoms with Gasteiger partial charge in [0.05, 0.1) is 22.1 Å². The average Bonchev–Trinajstić information content (AvgIpc) is 1.66. The van der Waals surface area contributed by atoms with Crippen molar-refractivity contribution >= 4 is 111 Å². The molecule has 408 valence electrons. The third kappa shape index (κ3) is 8.45. The van der Waals surface area contributed by atoms with Crippen LogP contribution in [0.4, 0.5) is 28.4 Å². The van der Waals surface area contributed by atoms with Crippen molar-refractivity contribution in [2.75, 3.05) is 10.2 Å². The van der Waals surface area contributed by atoms with Crippen LogP contribution in [0, 0.1) is 0 Å². The van der Waals surface area contributed by atoms with E-state index in [9.17, 15) is 0 Å². The Morgan fingerprint density at radius 3 is 1.73 bits per heavy atom. The molecule has 6 heteroatoms. The van der Waals surface area contributed by atoms with Crippen molar-refractivity contribution in [2.24, 2.45) is 0 Å². The van der Waals surface area contributed by atoms with E-state index in [1.165, 1.54) is 92.3 Å². The Morgan fingerprint density at radius 2 is 1.11 bits per heavy atom. The summed E-state index contributed by atoms with van der Waals surface area (Å²) in [7, 11) is 0.775. The largest absolute Gasteiger partial charge is 0.455 e. The van der Waals surface area contributed by atoms with Crippen LogP contribution < -0.4 is 20.5 Å². The Labute approximate surface area is 489 Å². The van der Waals surface area contributed by atoms with E-state index in [2.05, 4.69) is 281 Å². The molecular weight excluding hydrogens is 1010 g/mol. The maximum atomic E-state index is 7.45. The fraction of sp³-hybridized carbons (Fsp3) is 0.263. The number of anilines is 5. The summed E-state index contributed by atoms with van der Waals surface area (Å²) in [6, 6.07) is 66.7. The van der Waals surface area contributed by atoms with Crippen LogP contribution in [-0.2, 0) is 27.1 Å². The fourth-order valence-electron chi connectivity index (χ4n) is 13.6. The van der Waals surface area contributed by atoms with E-state index in [4.69, 9.17) is 4.42 Å². The minimum Gasteiger partial charge on any atom is -0.455 e. The fourth-order valence-corrected chi connectivity index (χ4v) is 14.8. The van der Waals surface area contributed by atoms with E-state index in [1.807, 2.05) is 11.3 Å². The second-order valence-electron chi connectivity index (χ2n) is 28.1. The van der Waals surface area contributed by atoms with Crippen molar-refractivity contribution in [1.29, 1.82) is 0 Å². The van der Waals surface area contributed by atoms with Gasteiger partial charge in [-0.05, 0) is 174 Å². The third-order valence-corrected chi connectivity index (χ3v) is 19.7. The van der Waals surface area contributed by atoms with Gasteiger partial charge in [-0.15, -0.1) is 11.3 Å². The van der Waals surface area contributed by atoms with E-state index in [0.717, 1.165) is 76.1 Å². The number of hydrogen-bond donors (Lipinski definition) is 1. The number of para-hydroxylation sites is 1. The van der Waals surface area contributed by atoms with Crippen LogP contribution in [0.5, 0.6) is 0 Å². The summed E-state index contributed by atoms with van der Waals surface area (Å²) in [5.74, 6) is 0. The lowest BCUT2D eigenvalue weighted by atomic mass is 9.62. The van der Waals surface area contributed by atoms with E-state index in [0.29, 0.717) is 0 Å². The number of hydrogen-bond acceptors (Lipinski definition) is 4. The summed E-state index contributed by atoms with van der Waals surface area (Å²) in [6.07, 6.45) is 2.28. The van der Waals surface area contributed by atoms with Gasteiger partial charge in [-0.25, -0.2) is 0 Å².